The van der Waals surface area contributed by atoms with Gasteiger partial charge in [-0.2, -0.15) is 0 Å². The van der Waals surface area contributed by atoms with Crippen molar-refractivity contribution in [3.05, 3.63) is 28.8 Å². The molecular formula is C16H24ClNO3. The van der Waals surface area contributed by atoms with E-state index in [1.165, 1.54) is 0 Å². The van der Waals surface area contributed by atoms with Crippen LogP contribution in [0, 0.1) is 5.41 Å². The van der Waals surface area contributed by atoms with Gasteiger partial charge in [-0.3, -0.25) is 4.79 Å². The third-order valence-electron chi connectivity index (χ3n) is 3.55. The average Bonchev–Trinajstić information content (AvgIpc) is 2.42. The molecule has 0 saturated heterocycles. The number of hydrogen-bond acceptors (Lipinski definition) is 3. The number of carbonyl (C=O) groups is 1. The van der Waals surface area contributed by atoms with Crippen LogP contribution in [-0.2, 0) is 11.3 Å². The molecule has 118 valence electrons. The summed E-state index contributed by atoms with van der Waals surface area (Å²) < 4.78 is 5.30. The zero-order chi connectivity index (χ0) is 15.9. The molecule has 0 heterocycles. The summed E-state index contributed by atoms with van der Waals surface area (Å²) in [6, 6.07) is 5.55. The molecule has 0 atom stereocenters. The molecule has 0 aromatic heterocycles. The second-order valence-electron chi connectivity index (χ2n) is 5.94. The van der Waals surface area contributed by atoms with Crippen molar-refractivity contribution < 1.29 is 14.6 Å². The normalized spacial score (nSPS) is 11.4. The third kappa shape index (κ3) is 6.82. The van der Waals surface area contributed by atoms with Crippen molar-refractivity contribution in [2.75, 3.05) is 13.7 Å². The summed E-state index contributed by atoms with van der Waals surface area (Å²) in [6.07, 6.45) is 1.82. The Labute approximate surface area is 131 Å². The minimum atomic E-state index is -0.736. The molecule has 0 aliphatic rings. The van der Waals surface area contributed by atoms with Gasteiger partial charge in [0.2, 0.25) is 0 Å². The van der Waals surface area contributed by atoms with Crippen LogP contribution in [0.3, 0.4) is 0 Å². The summed E-state index contributed by atoms with van der Waals surface area (Å²) in [5, 5.41) is 12.8. The van der Waals surface area contributed by atoms with Crippen LogP contribution in [0.25, 0.3) is 0 Å². The molecular weight excluding hydrogens is 290 g/mol. The molecule has 1 aromatic carbocycles. The van der Waals surface area contributed by atoms with Crippen molar-refractivity contribution in [1.82, 2.24) is 5.32 Å². The molecule has 2 N–H and O–H groups in total. The number of ether oxygens (including phenoxy) is 1. The summed E-state index contributed by atoms with van der Waals surface area (Å²) in [7, 11) is 1.64. The van der Waals surface area contributed by atoms with Gasteiger partial charge in [-0.25, -0.2) is 0 Å². The second kappa shape index (κ2) is 8.25. The predicted molar refractivity (Wildman–Crippen MR) is 85.0 cm³/mol. The van der Waals surface area contributed by atoms with Gasteiger partial charge in [0.1, 0.15) is 5.75 Å². The van der Waals surface area contributed by atoms with Crippen molar-refractivity contribution >= 4 is 17.6 Å². The van der Waals surface area contributed by atoms with Crippen LogP contribution in [0.15, 0.2) is 18.2 Å². The summed E-state index contributed by atoms with van der Waals surface area (Å²) in [6.45, 7) is 5.69. The van der Waals surface area contributed by atoms with Gasteiger partial charge < -0.3 is 15.2 Å². The van der Waals surface area contributed by atoms with E-state index >= 15 is 0 Å². The fourth-order valence-electron chi connectivity index (χ4n) is 2.11. The van der Waals surface area contributed by atoms with E-state index < -0.39 is 5.97 Å². The highest BCUT2D eigenvalue weighted by Gasteiger charge is 2.18. The van der Waals surface area contributed by atoms with Crippen LogP contribution < -0.4 is 10.1 Å². The van der Waals surface area contributed by atoms with Gasteiger partial charge in [-0.15, -0.1) is 0 Å². The highest BCUT2D eigenvalue weighted by Crippen LogP contribution is 2.26. The Balaban J connectivity index is 2.40. The van der Waals surface area contributed by atoms with Crippen LogP contribution in [-0.4, -0.2) is 24.7 Å². The zero-order valence-electron chi connectivity index (χ0n) is 12.9. The molecule has 1 rings (SSSR count). The maximum Gasteiger partial charge on any atom is 0.303 e. The lowest BCUT2D eigenvalue weighted by Crippen LogP contribution is -2.23. The Hall–Kier alpha value is -1.26. The van der Waals surface area contributed by atoms with Crippen molar-refractivity contribution in [3.8, 4) is 5.75 Å². The number of methoxy groups -OCH3 is 1. The predicted octanol–water partition coefficient (Wildman–Crippen LogP) is 3.72. The van der Waals surface area contributed by atoms with E-state index in [9.17, 15) is 4.79 Å². The molecule has 1 aromatic rings. The van der Waals surface area contributed by atoms with Gasteiger partial charge in [0.05, 0.1) is 7.11 Å². The number of carboxylic acid groups (broad SMARTS) is 1. The number of halogens is 1. The van der Waals surface area contributed by atoms with Gasteiger partial charge in [0.25, 0.3) is 0 Å². The lowest BCUT2D eigenvalue weighted by atomic mass is 9.84. The molecule has 0 fully saturated rings. The van der Waals surface area contributed by atoms with E-state index in [0.29, 0.717) is 18.0 Å². The minimum absolute atomic E-state index is 0.0177. The van der Waals surface area contributed by atoms with E-state index in [1.807, 2.05) is 12.1 Å². The summed E-state index contributed by atoms with van der Waals surface area (Å²) in [5.41, 5.74) is 1.04. The molecule has 0 aliphatic carbocycles. The monoisotopic (exact) mass is 313 g/mol. The van der Waals surface area contributed by atoms with Gasteiger partial charge in [0.15, 0.2) is 0 Å². The molecule has 0 spiro atoms. The van der Waals surface area contributed by atoms with E-state index in [1.54, 1.807) is 13.2 Å². The third-order valence-corrected chi connectivity index (χ3v) is 3.79. The average molecular weight is 314 g/mol. The molecule has 0 amide bonds. The highest BCUT2D eigenvalue weighted by atomic mass is 35.5. The molecule has 21 heavy (non-hydrogen) atoms. The maximum atomic E-state index is 10.6. The molecule has 0 saturated carbocycles. The topological polar surface area (TPSA) is 58.6 Å². The Kier molecular flexibility index (Phi) is 6.99. The Morgan fingerprint density at radius 3 is 2.71 bits per heavy atom. The molecule has 4 nitrogen and oxygen atoms in total. The first-order valence-corrected chi connectivity index (χ1v) is 7.47. The Morgan fingerprint density at radius 1 is 1.38 bits per heavy atom. The number of rotatable bonds is 9. The summed E-state index contributed by atoms with van der Waals surface area (Å²) >= 11 is 5.99. The number of aliphatic carboxylic acids is 1. The largest absolute Gasteiger partial charge is 0.496 e. The van der Waals surface area contributed by atoms with Crippen LogP contribution in [0.2, 0.25) is 5.02 Å². The SMILES string of the molecule is COc1ccc(Cl)cc1CNCCC(C)(C)CCC(=O)O. The first-order chi connectivity index (χ1) is 9.84. The number of benzene rings is 1. The van der Waals surface area contributed by atoms with Crippen LogP contribution in [0.4, 0.5) is 0 Å². The zero-order valence-corrected chi connectivity index (χ0v) is 13.7. The number of hydrogen-bond donors (Lipinski definition) is 2. The lowest BCUT2D eigenvalue weighted by Gasteiger charge is -2.24. The second-order valence-corrected chi connectivity index (χ2v) is 6.38. The summed E-state index contributed by atoms with van der Waals surface area (Å²) in [4.78, 5) is 10.6. The molecule has 0 unspecified atom stereocenters. The standard InChI is InChI=1S/C16H24ClNO3/c1-16(2,7-6-15(19)20)8-9-18-11-12-10-13(17)4-5-14(12)21-3/h4-5,10,18H,6-9,11H2,1-3H3,(H,19,20). The Morgan fingerprint density at radius 2 is 2.10 bits per heavy atom. The van der Waals surface area contributed by atoms with Gasteiger partial charge in [-0.1, -0.05) is 25.4 Å². The van der Waals surface area contributed by atoms with Crippen LogP contribution in [0.1, 0.15) is 38.7 Å². The first-order valence-electron chi connectivity index (χ1n) is 7.09. The van der Waals surface area contributed by atoms with Crippen molar-refractivity contribution in [2.24, 2.45) is 5.41 Å². The van der Waals surface area contributed by atoms with Gasteiger partial charge >= 0.3 is 5.97 Å². The highest BCUT2D eigenvalue weighted by molar-refractivity contribution is 6.30. The van der Waals surface area contributed by atoms with Crippen molar-refractivity contribution in [2.45, 2.75) is 39.7 Å². The van der Waals surface area contributed by atoms with E-state index in [4.69, 9.17) is 21.4 Å². The van der Waals surface area contributed by atoms with Crippen LogP contribution >= 0.6 is 11.6 Å². The molecule has 0 aliphatic heterocycles. The van der Waals surface area contributed by atoms with Crippen molar-refractivity contribution in [1.29, 1.82) is 0 Å². The molecule has 0 radical (unpaired) electrons. The maximum absolute atomic E-state index is 10.6. The molecule has 5 heteroatoms. The van der Waals surface area contributed by atoms with Gasteiger partial charge in [-0.05, 0) is 43.0 Å². The smallest absolute Gasteiger partial charge is 0.303 e. The summed E-state index contributed by atoms with van der Waals surface area (Å²) in [5.74, 6) is 0.0803. The van der Waals surface area contributed by atoms with E-state index in [-0.39, 0.29) is 11.8 Å². The molecule has 0 bridgehead atoms. The van der Waals surface area contributed by atoms with Gasteiger partial charge in [0, 0.05) is 23.6 Å². The van der Waals surface area contributed by atoms with Crippen LogP contribution in [0.5, 0.6) is 5.75 Å². The Bertz CT molecular complexity index is 475. The lowest BCUT2D eigenvalue weighted by molar-refractivity contribution is -0.137. The quantitative estimate of drug-likeness (QED) is 0.682. The minimum Gasteiger partial charge on any atom is -0.496 e. The van der Waals surface area contributed by atoms with Crippen molar-refractivity contribution in [3.63, 3.8) is 0 Å². The van der Waals surface area contributed by atoms with E-state index in [0.717, 1.165) is 24.3 Å². The fourth-order valence-corrected chi connectivity index (χ4v) is 2.30. The van der Waals surface area contributed by atoms with E-state index in [2.05, 4.69) is 19.2 Å². The number of carboxylic acids is 1. The number of nitrogens with one attached hydrogen (secondary N) is 1. The fraction of sp³-hybridized carbons (Fsp3) is 0.562. The first kappa shape index (κ1) is 17.8.